The molecule has 2 unspecified atom stereocenters. The predicted molar refractivity (Wildman–Crippen MR) is 141 cm³/mol. The van der Waals surface area contributed by atoms with Gasteiger partial charge in [0.25, 0.3) is 0 Å². The number of benzene rings is 1. The van der Waals surface area contributed by atoms with Gasteiger partial charge in [0.2, 0.25) is 5.91 Å². The second kappa shape index (κ2) is 10.2. The van der Waals surface area contributed by atoms with Gasteiger partial charge < -0.3 is 21.3 Å². The van der Waals surface area contributed by atoms with Crippen molar-refractivity contribution >= 4 is 17.8 Å². The summed E-state index contributed by atoms with van der Waals surface area (Å²) in [5.74, 6) is 0.465. The lowest BCUT2D eigenvalue weighted by Gasteiger charge is -2.37. The number of aromatic nitrogens is 2. The Morgan fingerprint density at radius 2 is 1.68 bits per heavy atom. The number of urea groups is 1. The molecule has 0 spiro atoms. The van der Waals surface area contributed by atoms with E-state index in [0.717, 1.165) is 10.6 Å². The predicted octanol–water partition coefficient (Wildman–Crippen LogP) is 1.05. The molecular weight excluding hydrogens is 529 g/mol. The number of piperazine rings is 1. The van der Waals surface area contributed by atoms with Crippen molar-refractivity contribution in [2.45, 2.75) is 38.1 Å². The van der Waals surface area contributed by atoms with E-state index in [4.69, 9.17) is 11.5 Å². The zero-order valence-corrected chi connectivity index (χ0v) is 22.3. The van der Waals surface area contributed by atoms with Crippen LogP contribution in [-0.2, 0) is 17.5 Å². The van der Waals surface area contributed by atoms with Crippen molar-refractivity contribution < 1.29 is 22.8 Å². The summed E-state index contributed by atoms with van der Waals surface area (Å²) in [5, 5.41) is 2.54. The van der Waals surface area contributed by atoms with Crippen LogP contribution in [0.15, 0.2) is 35.3 Å². The van der Waals surface area contributed by atoms with Crippen molar-refractivity contribution in [3.63, 3.8) is 0 Å². The number of rotatable bonds is 5. The first-order valence-electron chi connectivity index (χ1n) is 13.1. The number of hydrogen-bond donors (Lipinski definition) is 3. The maximum Gasteiger partial charge on any atom is 0.416 e. The van der Waals surface area contributed by atoms with E-state index < -0.39 is 29.0 Å². The molecular formula is C26H33F3N8O3. The largest absolute Gasteiger partial charge is 0.416 e. The van der Waals surface area contributed by atoms with Gasteiger partial charge in [0.1, 0.15) is 5.82 Å². The number of carbonyl (C=O) groups is 2. The van der Waals surface area contributed by atoms with E-state index in [1.807, 2.05) is 4.90 Å². The van der Waals surface area contributed by atoms with Crippen LogP contribution in [0.25, 0.3) is 5.69 Å². The highest BCUT2D eigenvalue weighted by Gasteiger charge is 2.53. The van der Waals surface area contributed by atoms with E-state index in [1.165, 1.54) is 29.3 Å². The Balaban J connectivity index is 1.25. The minimum absolute atomic E-state index is 0.0151. The SMILES string of the molecule is CC(C)(N)C(=O)N1CCN(C(=O)Nc2ccn(-c3ccc(CN4CC5C(N)C5C4)c(C(F)(F)F)c3)c(=O)n2)CC1. The average Bonchev–Trinajstić information content (AvgIpc) is 3.27. The Labute approximate surface area is 228 Å². The maximum absolute atomic E-state index is 14.0. The standard InChI is InChI=1S/C26H33F3N8O3/c1-25(2,31)22(38)35-7-9-36(10-8-35)23(39)32-20-5-6-37(24(40)33-20)16-4-3-15(19(11-16)26(27,28)29)12-34-13-17-18(14-34)21(17)30/h3-6,11,17-18,21H,7-10,12-14,30-31H2,1-2H3,(H,32,33,39,40). The Bertz CT molecular complexity index is 1350. The van der Waals surface area contributed by atoms with Crippen LogP contribution in [0.2, 0.25) is 0 Å². The third kappa shape index (κ3) is 5.69. The number of carbonyl (C=O) groups excluding carboxylic acids is 2. The number of amides is 3. The topological polar surface area (TPSA) is 143 Å². The molecule has 3 fully saturated rings. The molecule has 14 heteroatoms. The molecule has 216 valence electrons. The average molecular weight is 563 g/mol. The van der Waals surface area contributed by atoms with Crippen molar-refractivity contribution in [2.24, 2.45) is 23.3 Å². The number of alkyl halides is 3. The van der Waals surface area contributed by atoms with Gasteiger partial charge in [0.05, 0.1) is 16.8 Å². The molecule has 40 heavy (non-hydrogen) atoms. The van der Waals surface area contributed by atoms with E-state index in [1.54, 1.807) is 18.7 Å². The van der Waals surface area contributed by atoms with Gasteiger partial charge in [-0.1, -0.05) is 6.07 Å². The van der Waals surface area contributed by atoms with Crippen molar-refractivity contribution in [3.05, 3.63) is 52.1 Å². The number of likely N-dealkylation sites (tertiary alicyclic amines) is 1. The lowest BCUT2D eigenvalue weighted by molar-refractivity contribution is -0.138. The highest BCUT2D eigenvalue weighted by Crippen LogP contribution is 2.44. The van der Waals surface area contributed by atoms with Crippen LogP contribution in [-0.4, -0.2) is 87.0 Å². The Kier molecular flexibility index (Phi) is 7.13. The lowest BCUT2D eigenvalue weighted by atomic mass is 10.0. The fourth-order valence-electron chi connectivity index (χ4n) is 5.52. The molecule has 11 nitrogen and oxygen atoms in total. The molecule has 2 aromatic rings. The summed E-state index contributed by atoms with van der Waals surface area (Å²) in [5.41, 5.74) is 9.30. The second-order valence-corrected chi connectivity index (χ2v) is 11.3. The molecule has 1 saturated carbocycles. The van der Waals surface area contributed by atoms with Crippen LogP contribution in [0.4, 0.5) is 23.8 Å². The van der Waals surface area contributed by atoms with Gasteiger partial charge in [0.15, 0.2) is 0 Å². The van der Waals surface area contributed by atoms with Crippen molar-refractivity contribution in [1.82, 2.24) is 24.3 Å². The van der Waals surface area contributed by atoms with E-state index in [2.05, 4.69) is 10.3 Å². The molecule has 0 bridgehead atoms. The van der Waals surface area contributed by atoms with Crippen LogP contribution in [0.5, 0.6) is 0 Å². The van der Waals surface area contributed by atoms with E-state index in [9.17, 15) is 27.6 Å². The van der Waals surface area contributed by atoms with Crippen LogP contribution in [0.3, 0.4) is 0 Å². The van der Waals surface area contributed by atoms with Gasteiger partial charge in [-0.2, -0.15) is 18.2 Å². The maximum atomic E-state index is 14.0. The molecule has 0 radical (unpaired) electrons. The molecule has 1 aliphatic carbocycles. The van der Waals surface area contributed by atoms with Gasteiger partial charge in [-0.3, -0.25) is 19.6 Å². The number of fused-ring (bicyclic) bond motifs is 1. The Morgan fingerprint density at radius 1 is 1.05 bits per heavy atom. The smallest absolute Gasteiger partial charge is 0.338 e. The summed E-state index contributed by atoms with van der Waals surface area (Å²) in [7, 11) is 0. The van der Waals surface area contributed by atoms with Gasteiger partial charge in [-0.15, -0.1) is 0 Å². The highest BCUT2D eigenvalue weighted by atomic mass is 19.4. The number of halogens is 3. The second-order valence-electron chi connectivity index (χ2n) is 11.3. The quantitative estimate of drug-likeness (QED) is 0.495. The third-order valence-electron chi connectivity index (χ3n) is 7.85. The summed E-state index contributed by atoms with van der Waals surface area (Å²) in [4.78, 5) is 46.6. The molecule has 1 aromatic heterocycles. The van der Waals surface area contributed by atoms with E-state index in [0.29, 0.717) is 38.0 Å². The minimum atomic E-state index is -4.61. The number of piperidine rings is 1. The number of nitrogens with one attached hydrogen (secondary N) is 1. The van der Waals surface area contributed by atoms with Crippen molar-refractivity contribution in [3.8, 4) is 5.69 Å². The molecule has 2 atom stereocenters. The van der Waals surface area contributed by atoms with Gasteiger partial charge in [-0.25, -0.2) is 9.59 Å². The van der Waals surface area contributed by atoms with Crippen LogP contribution >= 0.6 is 0 Å². The summed E-state index contributed by atoms with van der Waals surface area (Å²) in [6.07, 6.45) is -3.33. The zero-order chi connectivity index (χ0) is 29.0. The Hall–Kier alpha value is -3.49. The third-order valence-corrected chi connectivity index (χ3v) is 7.85. The normalized spacial score (nSPS) is 23.2. The first-order valence-corrected chi connectivity index (χ1v) is 13.1. The minimum Gasteiger partial charge on any atom is -0.338 e. The number of hydrogen-bond acceptors (Lipinski definition) is 7. The molecule has 3 aliphatic rings. The summed E-state index contributed by atoms with van der Waals surface area (Å²) in [6.45, 7) is 5.91. The fourth-order valence-corrected chi connectivity index (χ4v) is 5.52. The number of anilines is 1. The number of nitrogens with zero attached hydrogens (tertiary/aromatic N) is 5. The molecule has 1 aromatic carbocycles. The summed E-state index contributed by atoms with van der Waals surface area (Å²) >= 11 is 0. The molecule has 3 heterocycles. The Morgan fingerprint density at radius 3 is 2.25 bits per heavy atom. The molecule has 5 N–H and O–H groups in total. The van der Waals surface area contributed by atoms with E-state index in [-0.39, 0.29) is 48.7 Å². The zero-order valence-electron chi connectivity index (χ0n) is 22.3. The van der Waals surface area contributed by atoms with Gasteiger partial charge in [-0.05, 0) is 49.4 Å². The highest BCUT2D eigenvalue weighted by molar-refractivity contribution is 5.89. The van der Waals surface area contributed by atoms with Gasteiger partial charge in [0, 0.05) is 58.1 Å². The molecule has 5 rings (SSSR count). The summed E-state index contributed by atoms with van der Waals surface area (Å²) in [6, 6.07) is 4.78. The fraction of sp³-hybridized carbons (Fsp3) is 0.538. The first kappa shape index (κ1) is 28.1. The van der Waals surface area contributed by atoms with Gasteiger partial charge >= 0.3 is 17.9 Å². The van der Waals surface area contributed by atoms with Crippen LogP contribution in [0.1, 0.15) is 25.0 Å². The molecule has 2 aliphatic heterocycles. The van der Waals surface area contributed by atoms with Crippen LogP contribution < -0.4 is 22.5 Å². The van der Waals surface area contributed by atoms with Crippen molar-refractivity contribution in [2.75, 3.05) is 44.6 Å². The van der Waals surface area contributed by atoms with Crippen molar-refractivity contribution in [1.29, 1.82) is 0 Å². The number of nitrogens with two attached hydrogens (primary N) is 2. The molecule has 3 amide bonds. The summed E-state index contributed by atoms with van der Waals surface area (Å²) < 4.78 is 42.9. The monoisotopic (exact) mass is 562 g/mol. The van der Waals surface area contributed by atoms with E-state index >= 15 is 0 Å². The van der Waals surface area contributed by atoms with Crippen LogP contribution in [0, 0.1) is 11.8 Å². The lowest BCUT2D eigenvalue weighted by Crippen LogP contribution is -2.58. The molecule has 2 saturated heterocycles. The first-order chi connectivity index (χ1) is 18.7.